The molecule has 1 saturated heterocycles. The molecule has 0 saturated carbocycles. The van der Waals surface area contributed by atoms with Gasteiger partial charge in [-0.25, -0.2) is 4.79 Å². The maximum absolute atomic E-state index is 13.4. The van der Waals surface area contributed by atoms with E-state index in [0.717, 1.165) is 24.0 Å². The van der Waals surface area contributed by atoms with Crippen molar-refractivity contribution >= 4 is 17.4 Å². The summed E-state index contributed by atoms with van der Waals surface area (Å²) in [5.41, 5.74) is 1.63. The number of carbonyl (C=O) groups excluding carboxylic acids is 1. The van der Waals surface area contributed by atoms with Gasteiger partial charge in [0.2, 0.25) is 0 Å². The Morgan fingerprint density at radius 1 is 1.21 bits per heavy atom. The topological polar surface area (TPSA) is 94.1 Å². The van der Waals surface area contributed by atoms with Gasteiger partial charge >= 0.3 is 12.2 Å². The van der Waals surface area contributed by atoms with Crippen LogP contribution in [0.2, 0.25) is 0 Å². The minimum absolute atomic E-state index is 0.00250. The fourth-order valence-corrected chi connectivity index (χ4v) is 4.52. The third-order valence-electron chi connectivity index (χ3n) is 6.14. The van der Waals surface area contributed by atoms with Crippen molar-refractivity contribution in [3.05, 3.63) is 53.1 Å². The lowest BCUT2D eigenvalue weighted by molar-refractivity contribution is -0.207. The Morgan fingerprint density at radius 2 is 1.91 bits per heavy atom. The van der Waals surface area contributed by atoms with E-state index >= 15 is 0 Å². The molecule has 1 aliphatic carbocycles. The van der Waals surface area contributed by atoms with Gasteiger partial charge in [-0.1, -0.05) is 24.3 Å². The first-order valence-electron chi connectivity index (χ1n) is 10.7. The van der Waals surface area contributed by atoms with Crippen LogP contribution in [0.25, 0.3) is 0 Å². The van der Waals surface area contributed by atoms with Gasteiger partial charge in [-0.15, -0.1) is 0 Å². The monoisotopic (exact) mass is 465 g/mol. The molecular formula is C23H26F3N3O4. The van der Waals surface area contributed by atoms with E-state index < -0.39 is 36.0 Å². The Hall–Kier alpha value is -2.98. The van der Waals surface area contributed by atoms with Crippen molar-refractivity contribution in [2.45, 2.75) is 43.7 Å². The van der Waals surface area contributed by atoms with Gasteiger partial charge in [0, 0.05) is 24.3 Å². The molecule has 10 heteroatoms. The molecule has 4 N–H and O–H groups in total. The van der Waals surface area contributed by atoms with Gasteiger partial charge in [-0.05, 0) is 42.5 Å². The van der Waals surface area contributed by atoms with Crippen molar-refractivity contribution in [3.8, 4) is 5.75 Å². The van der Waals surface area contributed by atoms with Crippen molar-refractivity contribution in [1.29, 1.82) is 0 Å². The Bertz CT molecular complexity index is 1020. The van der Waals surface area contributed by atoms with Gasteiger partial charge in [-0.2, -0.15) is 13.2 Å². The number of nitrogens with zero attached hydrogens (tertiary/aromatic N) is 1. The fraction of sp³-hybridized carbons (Fsp3) is 0.435. The van der Waals surface area contributed by atoms with Gasteiger partial charge in [-0.3, -0.25) is 0 Å². The summed E-state index contributed by atoms with van der Waals surface area (Å²) >= 11 is 0. The number of aliphatic hydroxyl groups excluding tert-OH is 2. The maximum atomic E-state index is 13.4. The first-order chi connectivity index (χ1) is 15.7. The van der Waals surface area contributed by atoms with E-state index in [-0.39, 0.29) is 11.4 Å². The molecule has 0 unspecified atom stereocenters. The zero-order valence-electron chi connectivity index (χ0n) is 18.0. The number of methoxy groups -OCH3 is 1. The number of anilines is 2. The van der Waals surface area contributed by atoms with Crippen LogP contribution in [0.3, 0.4) is 0 Å². The number of fused-ring (bicyclic) bond motifs is 1. The third kappa shape index (κ3) is 4.72. The van der Waals surface area contributed by atoms with E-state index in [1.54, 1.807) is 12.1 Å². The molecule has 2 aromatic rings. The third-order valence-corrected chi connectivity index (χ3v) is 6.14. The summed E-state index contributed by atoms with van der Waals surface area (Å²) in [6, 6.07) is 8.80. The number of urea groups is 1. The zero-order valence-corrected chi connectivity index (χ0v) is 18.0. The summed E-state index contributed by atoms with van der Waals surface area (Å²) < 4.78 is 45.2. The summed E-state index contributed by atoms with van der Waals surface area (Å²) in [6.45, 7) is 1.32. The number of benzene rings is 2. The highest BCUT2D eigenvalue weighted by Crippen LogP contribution is 2.43. The lowest BCUT2D eigenvalue weighted by atomic mass is 10.0. The van der Waals surface area contributed by atoms with E-state index in [4.69, 9.17) is 4.74 Å². The molecule has 0 bridgehead atoms. The highest BCUT2D eigenvalue weighted by Gasteiger charge is 2.42. The quantitative estimate of drug-likeness (QED) is 0.541. The minimum atomic E-state index is -4.91. The van der Waals surface area contributed by atoms with Crippen molar-refractivity contribution < 1.29 is 32.9 Å². The van der Waals surface area contributed by atoms with Gasteiger partial charge in [0.25, 0.3) is 0 Å². The second-order valence-corrected chi connectivity index (χ2v) is 8.31. The Morgan fingerprint density at radius 3 is 2.55 bits per heavy atom. The summed E-state index contributed by atoms with van der Waals surface area (Å²) in [6.07, 6.45) is -6.36. The number of nitrogens with one attached hydrogen (secondary N) is 2. The van der Waals surface area contributed by atoms with Crippen LogP contribution in [0.15, 0.2) is 36.4 Å². The molecule has 178 valence electrons. The van der Waals surface area contributed by atoms with Gasteiger partial charge < -0.3 is 30.5 Å². The lowest BCUT2D eigenvalue weighted by Crippen LogP contribution is -2.40. The summed E-state index contributed by atoms with van der Waals surface area (Å²) in [4.78, 5) is 14.7. The summed E-state index contributed by atoms with van der Waals surface area (Å²) in [5.74, 6) is -0.270. The smallest absolute Gasteiger partial charge is 0.418 e. The number of carbonyl (C=O) groups is 1. The first-order valence-corrected chi connectivity index (χ1v) is 10.7. The number of aliphatic hydroxyl groups is 2. The van der Waals surface area contributed by atoms with Crippen LogP contribution >= 0.6 is 0 Å². The molecule has 0 spiro atoms. The molecule has 0 aromatic heterocycles. The maximum Gasteiger partial charge on any atom is 0.418 e. The molecule has 2 amide bonds. The van der Waals surface area contributed by atoms with Crippen LogP contribution in [-0.4, -0.2) is 48.7 Å². The first kappa shape index (κ1) is 23.2. The van der Waals surface area contributed by atoms with Crippen LogP contribution in [0.5, 0.6) is 5.75 Å². The molecule has 1 aliphatic heterocycles. The number of ether oxygens (including phenoxy) is 1. The van der Waals surface area contributed by atoms with Crippen molar-refractivity contribution in [1.82, 2.24) is 5.32 Å². The number of hydrogen-bond acceptors (Lipinski definition) is 5. The molecule has 4 rings (SSSR count). The molecule has 0 radical (unpaired) electrons. The largest absolute Gasteiger partial charge is 0.494 e. The normalized spacial score (nSPS) is 21.0. The Balaban J connectivity index is 1.60. The average molecular weight is 465 g/mol. The second-order valence-electron chi connectivity index (χ2n) is 8.31. The molecule has 1 fully saturated rings. The number of rotatable bonds is 5. The van der Waals surface area contributed by atoms with Gasteiger partial charge in [0.15, 0.2) is 6.10 Å². The van der Waals surface area contributed by atoms with E-state index in [2.05, 4.69) is 10.6 Å². The number of hydrogen-bond donors (Lipinski definition) is 4. The van der Waals surface area contributed by atoms with Gasteiger partial charge in [0.05, 0.1) is 24.9 Å². The minimum Gasteiger partial charge on any atom is -0.494 e. The predicted molar refractivity (Wildman–Crippen MR) is 117 cm³/mol. The van der Waals surface area contributed by atoms with E-state index in [1.165, 1.54) is 19.2 Å². The standard InChI is InChI=1S/C23H26F3N3O4/c1-33-20-16(21(31)23(24,25)26)11-14(29-8-4-5-9-29)12-18(20)28-22(32)27-17-10-13-6-2-3-7-15(13)19(17)30/h2-3,6-7,11-12,17,19,21,30-31H,4-5,8-10H2,1H3,(H2,27,28,32)/t17-,19+,21+/m1/s1. The second kappa shape index (κ2) is 9.11. The molecule has 3 atom stereocenters. The molecule has 2 aromatic carbocycles. The number of alkyl halides is 3. The van der Waals surface area contributed by atoms with Crippen molar-refractivity contribution in [3.63, 3.8) is 0 Å². The van der Waals surface area contributed by atoms with Crippen molar-refractivity contribution in [2.75, 3.05) is 30.4 Å². The van der Waals surface area contributed by atoms with E-state index in [9.17, 15) is 28.2 Å². The predicted octanol–water partition coefficient (Wildman–Crippen LogP) is 3.67. The Labute approximate surface area is 189 Å². The van der Waals surface area contributed by atoms with Crippen LogP contribution in [-0.2, 0) is 6.42 Å². The van der Waals surface area contributed by atoms with Crippen LogP contribution in [0, 0.1) is 0 Å². The molecule has 33 heavy (non-hydrogen) atoms. The van der Waals surface area contributed by atoms with E-state index in [0.29, 0.717) is 25.2 Å². The summed E-state index contributed by atoms with van der Waals surface area (Å²) in [5, 5.41) is 25.7. The molecule has 7 nitrogen and oxygen atoms in total. The van der Waals surface area contributed by atoms with E-state index in [1.807, 2.05) is 17.0 Å². The van der Waals surface area contributed by atoms with Crippen LogP contribution < -0.4 is 20.3 Å². The molecular weight excluding hydrogens is 439 g/mol. The van der Waals surface area contributed by atoms with Crippen LogP contribution in [0.4, 0.5) is 29.3 Å². The SMILES string of the molecule is COc1c(NC(=O)N[C@@H]2Cc3ccccc3[C@@H]2O)cc(N2CCCC2)cc1[C@H](O)C(F)(F)F. The number of halogens is 3. The molecule has 1 heterocycles. The van der Waals surface area contributed by atoms with Crippen molar-refractivity contribution in [2.24, 2.45) is 0 Å². The zero-order chi connectivity index (χ0) is 23.8. The van der Waals surface area contributed by atoms with Crippen LogP contribution in [0.1, 0.15) is 41.7 Å². The molecule has 2 aliphatic rings. The van der Waals surface area contributed by atoms with Gasteiger partial charge in [0.1, 0.15) is 5.75 Å². The average Bonchev–Trinajstić information content (AvgIpc) is 3.41. The number of amides is 2. The highest BCUT2D eigenvalue weighted by atomic mass is 19.4. The summed E-state index contributed by atoms with van der Waals surface area (Å²) in [7, 11) is 1.18. The highest BCUT2D eigenvalue weighted by molar-refractivity contribution is 5.92. The Kier molecular flexibility index (Phi) is 6.40. The fourth-order valence-electron chi connectivity index (χ4n) is 4.52. The lowest BCUT2D eigenvalue weighted by Gasteiger charge is -2.25.